The number of esters is 1. The predicted octanol–water partition coefficient (Wildman–Crippen LogP) is 7.82. The molecule has 3 nitrogen and oxygen atoms in total. The van der Waals surface area contributed by atoms with Crippen molar-refractivity contribution < 1.29 is 13.9 Å². The van der Waals surface area contributed by atoms with E-state index >= 15 is 0 Å². The molecular formula is C29H40FNO2. The molecule has 180 valence electrons. The number of nitrogens with zero attached hydrogens (tertiary/aromatic N) is 1. The summed E-state index contributed by atoms with van der Waals surface area (Å²) in [5.74, 6) is 3.30. The van der Waals surface area contributed by atoms with E-state index in [1.54, 1.807) is 0 Å². The van der Waals surface area contributed by atoms with E-state index in [2.05, 4.69) is 6.92 Å². The molecule has 3 aliphatic rings. The second kappa shape index (κ2) is 11.5. The maximum absolute atomic E-state index is 14.1. The number of hydrogen-bond acceptors (Lipinski definition) is 3. The molecule has 3 aliphatic carbocycles. The van der Waals surface area contributed by atoms with Gasteiger partial charge in [0, 0.05) is 0 Å². The Hall–Kier alpha value is -1.89. The minimum atomic E-state index is -0.645. The van der Waals surface area contributed by atoms with Crippen molar-refractivity contribution in [2.24, 2.45) is 35.5 Å². The monoisotopic (exact) mass is 453 g/mol. The van der Waals surface area contributed by atoms with Crippen molar-refractivity contribution >= 4 is 5.97 Å². The average molecular weight is 454 g/mol. The topological polar surface area (TPSA) is 50.1 Å². The van der Waals surface area contributed by atoms with Gasteiger partial charge in [0.25, 0.3) is 0 Å². The van der Waals surface area contributed by atoms with Gasteiger partial charge in [0.1, 0.15) is 0 Å². The molecular weight excluding hydrogens is 413 g/mol. The van der Waals surface area contributed by atoms with Gasteiger partial charge in [-0.25, -0.2) is 4.39 Å². The molecule has 4 heteroatoms. The predicted molar refractivity (Wildman–Crippen MR) is 128 cm³/mol. The molecule has 0 N–H and O–H groups in total. The highest BCUT2D eigenvalue weighted by atomic mass is 19.1. The van der Waals surface area contributed by atoms with Crippen molar-refractivity contribution in [1.29, 1.82) is 5.26 Å². The minimum absolute atomic E-state index is 0.0651. The number of unbranched alkanes of at least 4 members (excludes halogenated alkanes) is 2. The summed E-state index contributed by atoms with van der Waals surface area (Å²) < 4.78 is 19.4. The van der Waals surface area contributed by atoms with Crippen LogP contribution in [0.15, 0.2) is 18.2 Å². The Labute approximate surface area is 199 Å². The first kappa shape index (κ1) is 24.2. The summed E-state index contributed by atoms with van der Waals surface area (Å²) in [6.07, 6.45) is 18.0. The van der Waals surface area contributed by atoms with Crippen molar-refractivity contribution in [3.8, 4) is 11.8 Å². The van der Waals surface area contributed by atoms with Gasteiger partial charge in [-0.15, -0.1) is 0 Å². The zero-order valence-corrected chi connectivity index (χ0v) is 20.2. The van der Waals surface area contributed by atoms with Crippen molar-refractivity contribution in [3.05, 3.63) is 29.6 Å². The van der Waals surface area contributed by atoms with Gasteiger partial charge in [-0.2, -0.15) is 5.26 Å². The summed E-state index contributed by atoms with van der Waals surface area (Å²) in [5.41, 5.74) is 0.229. The van der Waals surface area contributed by atoms with E-state index in [0.717, 1.165) is 61.3 Å². The average Bonchev–Trinajstić information content (AvgIpc) is 2.85. The lowest BCUT2D eigenvalue weighted by Crippen LogP contribution is -2.35. The largest absolute Gasteiger partial charge is 0.423 e. The van der Waals surface area contributed by atoms with Crippen molar-refractivity contribution in [1.82, 2.24) is 0 Å². The molecule has 0 aromatic heterocycles. The van der Waals surface area contributed by atoms with Crippen LogP contribution in [0.3, 0.4) is 0 Å². The fraction of sp³-hybridized carbons (Fsp3) is 0.724. The standard InChI is InChI=1S/C29H40FNO2/c1-2-3-4-5-20-6-8-26-18-25(14-13-24(26)16-20)22-9-11-23(12-10-22)29(32)33-28-15-7-21(19-31)17-27(28)30/h7,15,17,20,22-26H,2-6,8-14,16,18H2,1H3. The number of carbonyl (C=O) groups excluding carboxylic acids is 1. The van der Waals surface area contributed by atoms with Crippen LogP contribution in [0.5, 0.6) is 5.75 Å². The lowest BCUT2D eigenvalue weighted by atomic mass is 9.60. The van der Waals surface area contributed by atoms with Gasteiger partial charge in [-0.1, -0.05) is 39.0 Å². The maximum atomic E-state index is 14.1. The molecule has 33 heavy (non-hydrogen) atoms. The Bertz CT molecular complexity index is 839. The number of ether oxygens (including phenoxy) is 1. The fourth-order valence-corrected chi connectivity index (χ4v) is 7.07. The minimum Gasteiger partial charge on any atom is -0.423 e. The van der Waals surface area contributed by atoms with Crippen molar-refractivity contribution in [2.75, 3.05) is 0 Å². The molecule has 4 unspecified atom stereocenters. The quantitative estimate of drug-likeness (QED) is 0.240. The van der Waals surface area contributed by atoms with E-state index in [9.17, 15) is 9.18 Å². The molecule has 0 amide bonds. The highest BCUT2D eigenvalue weighted by molar-refractivity contribution is 5.75. The van der Waals surface area contributed by atoms with Crippen molar-refractivity contribution in [3.63, 3.8) is 0 Å². The van der Waals surface area contributed by atoms with Gasteiger partial charge in [0.2, 0.25) is 0 Å². The number of nitriles is 1. The third kappa shape index (κ3) is 6.17. The van der Waals surface area contributed by atoms with E-state index in [1.165, 1.54) is 76.3 Å². The van der Waals surface area contributed by atoms with Crippen LogP contribution < -0.4 is 4.74 Å². The van der Waals surface area contributed by atoms with Gasteiger partial charge in [0.05, 0.1) is 17.6 Å². The van der Waals surface area contributed by atoms with Crippen LogP contribution in [-0.4, -0.2) is 5.97 Å². The van der Waals surface area contributed by atoms with Gasteiger partial charge < -0.3 is 4.74 Å². The Balaban J connectivity index is 1.21. The summed E-state index contributed by atoms with van der Waals surface area (Å²) in [7, 11) is 0. The molecule has 4 rings (SSSR count). The zero-order valence-electron chi connectivity index (χ0n) is 20.2. The number of rotatable bonds is 7. The highest BCUT2D eigenvalue weighted by Gasteiger charge is 2.39. The number of halogens is 1. The second-order valence-electron chi connectivity index (χ2n) is 11.1. The van der Waals surface area contributed by atoms with E-state index in [0.29, 0.717) is 0 Å². The lowest BCUT2D eigenvalue weighted by molar-refractivity contribution is -0.140. The number of fused-ring (bicyclic) bond motifs is 1. The van der Waals surface area contributed by atoms with Crippen LogP contribution >= 0.6 is 0 Å². The molecule has 0 heterocycles. The summed E-state index contributed by atoms with van der Waals surface area (Å²) in [6.45, 7) is 2.30. The first-order valence-corrected chi connectivity index (χ1v) is 13.5. The van der Waals surface area contributed by atoms with E-state index in [4.69, 9.17) is 10.00 Å². The van der Waals surface area contributed by atoms with Gasteiger partial charge in [-0.3, -0.25) is 4.79 Å². The Kier molecular flexibility index (Phi) is 8.45. The van der Waals surface area contributed by atoms with Gasteiger partial charge in [-0.05, 0) is 106 Å². The molecule has 0 bridgehead atoms. The first-order chi connectivity index (χ1) is 16.1. The lowest BCUT2D eigenvalue weighted by Gasteiger charge is -2.45. The normalized spacial score (nSPS) is 31.9. The molecule has 4 atom stereocenters. The first-order valence-electron chi connectivity index (χ1n) is 13.5. The Morgan fingerprint density at radius 2 is 1.64 bits per heavy atom. The van der Waals surface area contributed by atoms with E-state index in [1.807, 2.05) is 6.07 Å². The van der Waals surface area contributed by atoms with Gasteiger partial charge in [0.15, 0.2) is 11.6 Å². The van der Waals surface area contributed by atoms with Crippen LogP contribution in [0.25, 0.3) is 0 Å². The van der Waals surface area contributed by atoms with Crippen LogP contribution in [0.2, 0.25) is 0 Å². The number of benzene rings is 1. The SMILES string of the molecule is CCCCCC1CCC2CC(C3CCC(C(=O)Oc4ccc(C#N)cc4F)CC3)CCC2C1. The number of carbonyl (C=O) groups is 1. The molecule has 0 aliphatic heterocycles. The van der Waals surface area contributed by atoms with Crippen molar-refractivity contribution in [2.45, 2.75) is 96.8 Å². The smallest absolute Gasteiger partial charge is 0.314 e. The maximum Gasteiger partial charge on any atom is 0.314 e. The highest BCUT2D eigenvalue weighted by Crippen LogP contribution is 2.49. The van der Waals surface area contributed by atoms with Gasteiger partial charge >= 0.3 is 5.97 Å². The molecule has 0 saturated heterocycles. The third-order valence-corrected chi connectivity index (χ3v) is 9.02. The summed E-state index contributed by atoms with van der Waals surface area (Å²) >= 11 is 0. The van der Waals surface area contributed by atoms with Crippen LogP contribution in [0, 0.1) is 52.7 Å². The second-order valence-corrected chi connectivity index (χ2v) is 11.1. The Morgan fingerprint density at radius 3 is 2.33 bits per heavy atom. The molecule has 0 radical (unpaired) electrons. The van der Waals surface area contributed by atoms with Crippen LogP contribution in [-0.2, 0) is 4.79 Å². The summed E-state index contributed by atoms with van der Waals surface area (Å²) in [4.78, 5) is 12.6. The Morgan fingerprint density at radius 1 is 0.970 bits per heavy atom. The molecule has 1 aromatic rings. The molecule has 3 fully saturated rings. The zero-order chi connectivity index (χ0) is 23.2. The fourth-order valence-electron chi connectivity index (χ4n) is 7.07. The molecule has 0 spiro atoms. The van der Waals surface area contributed by atoms with Crippen LogP contribution in [0.1, 0.15) is 102 Å². The van der Waals surface area contributed by atoms with Crippen LogP contribution in [0.4, 0.5) is 4.39 Å². The number of hydrogen-bond donors (Lipinski definition) is 0. The van der Waals surface area contributed by atoms with E-state index < -0.39 is 5.82 Å². The molecule has 3 saturated carbocycles. The third-order valence-electron chi connectivity index (χ3n) is 9.02. The molecule has 1 aromatic carbocycles. The summed E-state index contributed by atoms with van der Waals surface area (Å²) in [5, 5.41) is 8.86. The summed E-state index contributed by atoms with van der Waals surface area (Å²) in [6, 6.07) is 5.88. The van der Waals surface area contributed by atoms with E-state index in [-0.39, 0.29) is 23.2 Å².